The Hall–Kier alpha value is -2.02. The molecule has 7 heteroatoms. The number of carbonyl (C=O) groups is 1. The van der Waals surface area contributed by atoms with Crippen molar-refractivity contribution >= 4 is 23.4 Å². The van der Waals surface area contributed by atoms with Gasteiger partial charge in [0, 0.05) is 5.69 Å². The number of anilines is 1. The van der Waals surface area contributed by atoms with Crippen LogP contribution in [-0.4, -0.2) is 26.5 Å². The first-order chi connectivity index (χ1) is 9.08. The predicted molar refractivity (Wildman–Crippen MR) is 75.4 cm³/mol. The third-order valence-electron chi connectivity index (χ3n) is 2.62. The molecule has 1 aromatic carbocycles. The highest BCUT2D eigenvalue weighted by Crippen LogP contribution is 2.20. The minimum Gasteiger partial charge on any atom is -0.336 e. The van der Waals surface area contributed by atoms with E-state index in [1.807, 2.05) is 32.0 Å². The Labute approximate surface area is 115 Å². The molecule has 0 fully saturated rings. The van der Waals surface area contributed by atoms with E-state index in [1.165, 1.54) is 22.8 Å². The number of para-hydroxylation sites is 1. The molecule has 2 aromatic rings. The number of amides is 1. The Kier molecular flexibility index (Phi) is 4.06. The van der Waals surface area contributed by atoms with Gasteiger partial charge in [-0.2, -0.15) is 0 Å². The summed E-state index contributed by atoms with van der Waals surface area (Å²) in [6.07, 6.45) is 1.39. The maximum absolute atomic E-state index is 11.9. The van der Waals surface area contributed by atoms with Crippen LogP contribution < -0.4 is 11.2 Å². The van der Waals surface area contributed by atoms with Crippen LogP contribution in [0.2, 0.25) is 0 Å². The Morgan fingerprint density at radius 1 is 1.42 bits per heavy atom. The highest BCUT2D eigenvalue weighted by molar-refractivity contribution is 7.99. The van der Waals surface area contributed by atoms with Crippen molar-refractivity contribution in [2.24, 2.45) is 0 Å². The summed E-state index contributed by atoms with van der Waals surface area (Å²) in [4.78, 5) is 11.9. The highest BCUT2D eigenvalue weighted by Gasteiger charge is 2.10. The number of aryl methyl sites for hydroxylation is 2. The molecule has 0 aliphatic carbocycles. The zero-order valence-corrected chi connectivity index (χ0v) is 11.6. The van der Waals surface area contributed by atoms with E-state index < -0.39 is 0 Å². The van der Waals surface area contributed by atoms with Crippen LogP contribution in [0.5, 0.6) is 0 Å². The second-order valence-electron chi connectivity index (χ2n) is 4.12. The second-order valence-corrected chi connectivity index (χ2v) is 5.07. The molecular weight excluding hydrogens is 262 g/mol. The summed E-state index contributed by atoms with van der Waals surface area (Å²) >= 11 is 1.25. The number of carbonyl (C=O) groups excluding carboxylic acids is 1. The number of nitrogens with two attached hydrogens (primary N) is 1. The minimum absolute atomic E-state index is 0.0922. The fourth-order valence-electron chi connectivity index (χ4n) is 1.65. The Morgan fingerprint density at radius 2 is 2.11 bits per heavy atom. The average molecular weight is 277 g/mol. The zero-order valence-electron chi connectivity index (χ0n) is 10.8. The fraction of sp³-hybridized carbons (Fsp3) is 0.250. The smallest absolute Gasteiger partial charge is 0.234 e. The molecule has 0 saturated carbocycles. The minimum atomic E-state index is -0.0922. The van der Waals surface area contributed by atoms with E-state index in [0.717, 1.165) is 16.8 Å². The second kappa shape index (κ2) is 5.75. The number of nitrogen functional groups attached to an aromatic ring is 1. The van der Waals surface area contributed by atoms with Gasteiger partial charge >= 0.3 is 0 Å². The van der Waals surface area contributed by atoms with Crippen molar-refractivity contribution < 1.29 is 4.79 Å². The number of nitrogens with zero attached hydrogens (tertiary/aromatic N) is 3. The number of aromatic nitrogens is 3. The molecule has 19 heavy (non-hydrogen) atoms. The van der Waals surface area contributed by atoms with Gasteiger partial charge < -0.3 is 11.2 Å². The largest absolute Gasteiger partial charge is 0.336 e. The first-order valence-electron chi connectivity index (χ1n) is 5.72. The molecule has 6 nitrogen and oxygen atoms in total. The highest BCUT2D eigenvalue weighted by atomic mass is 32.2. The van der Waals surface area contributed by atoms with Crippen molar-refractivity contribution in [1.29, 1.82) is 0 Å². The lowest BCUT2D eigenvalue weighted by molar-refractivity contribution is -0.113. The lowest BCUT2D eigenvalue weighted by atomic mass is 10.1. The molecule has 0 spiro atoms. The molecule has 0 unspecified atom stereocenters. The summed E-state index contributed by atoms with van der Waals surface area (Å²) < 4.78 is 1.29. The zero-order chi connectivity index (χ0) is 13.8. The van der Waals surface area contributed by atoms with Crippen molar-refractivity contribution in [3.8, 4) is 0 Å². The van der Waals surface area contributed by atoms with Gasteiger partial charge in [0.15, 0.2) is 0 Å². The van der Waals surface area contributed by atoms with Gasteiger partial charge in [0.25, 0.3) is 0 Å². The van der Waals surface area contributed by atoms with Crippen LogP contribution in [0.4, 0.5) is 5.69 Å². The normalized spacial score (nSPS) is 10.4. The first kappa shape index (κ1) is 13.4. The third kappa shape index (κ3) is 3.25. The van der Waals surface area contributed by atoms with Gasteiger partial charge in [-0.15, -0.1) is 10.2 Å². The van der Waals surface area contributed by atoms with Crippen molar-refractivity contribution in [2.75, 3.05) is 16.9 Å². The van der Waals surface area contributed by atoms with E-state index in [4.69, 9.17) is 5.84 Å². The fourth-order valence-corrected chi connectivity index (χ4v) is 2.29. The molecule has 0 saturated heterocycles. The maximum Gasteiger partial charge on any atom is 0.234 e. The molecule has 1 amide bonds. The van der Waals surface area contributed by atoms with Crippen LogP contribution in [-0.2, 0) is 4.79 Å². The lowest BCUT2D eigenvalue weighted by Crippen LogP contribution is -2.17. The summed E-state index contributed by atoms with van der Waals surface area (Å²) in [6.45, 7) is 3.93. The van der Waals surface area contributed by atoms with Crippen molar-refractivity contribution in [3.63, 3.8) is 0 Å². The van der Waals surface area contributed by atoms with Crippen LogP contribution in [0.3, 0.4) is 0 Å². The molecule has 1 aromatic heterocycles. The van der Waals surface area contributed by atoms with Crippen LogP contribution >= 0.6 is 11.8 Å². The van der Waals surface area contributed by atoms with E-state index in [9.17, 15) is 4.79 Å². The third-order valence-corrected chi connectivity index (χ3v) is 3.58. The predicted octanol–water partition coefficient (Wildman–Crippen LogP) is 1.34. The quantitative estimate of drug-likeness (QED) is 0.650. The number of nitrogens with one attached hydrogen (secondary N) is 1. The van der Waals surface area contributed by atoms with Crippen LogP contribution in [0.15, 0.2) is 29.7 Å². The van der Waals surface area contributed by atoms with Crippen LogP contribution in [0.1, 0.15) is 11.1 Å². The van der Waals surface area contributed by atoms with Crippen LogP contribution in [0, 0.1) is 13.8 Å². The molecule has 1 heterocycles. The molecule has 2 rings (SSSR count). The average Bonchev–Trinajstić information content (AvgIpc) is 2.77. The molecular formula is C12H15N5OS. The van der Waals surface area contributed by atoms with Gasteiger partial charge in [0.1, 0.15) is 6.33 Å². The molecule has 0 atom stereocenters. The first-order valence-corrected chi connectivity index (χ1v) is 6.70. The number of benzene rings is 1. The van der Waals surface area contributed by atoms with Crippen LogP contribution in [0.25, 0.3) is 0 Å². The van der Waals surface area contributed by atoms with E-state index in [2.05, 4.69) is 15.5 Å². The maximum atomic E-state index is 11.9. The SMILES string of the molecule is Cc1cccc(C)c1NC(=O)CSc1nncn1N. The van der Waals surface area contributed by atoms with Gasteiger partial charge in [-0.25, -0.2) is 4.68 Å². The van der Waals surface area contributed by atoms with Gasteiger partial charge in [0.05, 0.1) is 5.75 Å². The number of hydrogen-bond acceptors (Lipinski definition) is 5. The Balaban J connectivity index is 1.97. The van der Waals surface area contributed by atoms with Gasteiger partial charge in [0.2, 0.25) is 11.1 Å². The van der Waals surface area contributed by atoms with E-state index in [-0.39, 0.29) is 11.7 Å². The molecule has 100 valence electrons. The van der Waals surface area contributed by atoms with E-state index in [0.29, 0.717) is 5.16 Å². The van der Waals surface area contributed by atoms with E-state index >= 15 is 0 Å². The standard InChI is InChI=1S/C12H15N5OS/c1-8-4-3-5-9(2)11(8)15-10(18)6-19-12-16-14-7-17(12)13/h3-5,7H,6,13H2,1-2H3,(H,15,18). The molecule has 0 aliphatic rings. The van der Waals surface area contributed by atoms with Gasteiger partial charge in [-0.3, -0.25) is 4.79 Å². The summed E-state index contributed by atoms with van der Waals surface area (Å²) in [5.41, 5.74) is 2.95. The van der Waals surface area contributed by atoms with Crippen molar-refractivity contribution in [3.05, 3.63) is 35.7 Å². The monoisotopic (exact) mass is 277 g/mol. The molecule has 0 radical (unpaired) electrons. The Morgan fingerprint density at radius 3 is 2.68 bits per heavy atom. The van der Waals surface area contributed by atoms with Gasteiger partial charge in [-0.05, 0) is 25.0 Å². The summed E-state index contributed by atoms with van der Waals surface area (Å²) in [5.74, 6) is 5.71. The lowest BCUT2D eigenvalue weighted by Gasteiger charge is -2.10. The Bertz CT molecular complexity index is 575. The summed E-state index contributed by atoms with van der Waals surface area (Å²) in [6, 6.07) is 5.89. The molecule has 0 aliphatic heterocycles. The molecule has 0 bridgehead atoms. The van der Waals surface area contributed by atoms with Crippen molar-refractivity contribution in [2.45, 2.75) is 19.0 Å². The van der Waals surface area contributed by atoms with Crippen molar-refractivity contribution in [1.82, 2.24) is 14.9 Å². The summed E-state index contributed by atoms with van der Waals surface area (Å²) in [7, 11) is 0. The van der Waals surface area contributed by atoms with E-state index in [1.54, 1.807) is 0 Å². The number of thioether (sulfide) groups is 1. The summed E-state index contributed by atoms with van der Waals surface area (Å²) in [5, 5.41) is 10.9. The van der Waals surface area contributed by atoms with Gasteiger partial charge in [-0.1, -0.05) is 30.0 Å². The number of rotatable bonds is 4. The number of hydrogen-bond donors (Lipinski definition) is 2. The topological polar surface area (TPSA) is 85.8 Å². The molecule has 3 N–H and O–H groups in total.